The molecule has 0 aliphatic rings. The van der Waals surface area contributed by atoms with Gasteiger partial charge in [-0.05, 0) is 37.5 Å². The van der Waals surface area contributed by atoms with Crippen LogP contribution >= 0.6 is 11.5 Å². The molecule has 4 heteroatoms. The minimum absolute atomic E-state index is 0.0460. The monoisotopic (exact) mass is 232 g/mol. The van der Waals surface area contributed by atoms with Gasteiger partial charge in [-0.25, -0.2) is 0 Å². The zero-order valence-corrected chi connectivity index (χ0v) is 9.97. The molecule has 0 bridgehead atoms. The van der Waals surface area contributed by atoms with Crippen molar-refractivity contribution in [3.05, 3.63) is 41.6 Å². The van der Waals surface area contributed by atoms with E-state index in [0.717, 1.165) is 16.4 Å². The maximum atomic E-state index is 11.5. The summed E-state index contributed by atoms with van der Waals surface area (Å²) < 4.78 is 4.19. The number of hydrogen-bond acceptors (Lipinski definition) is 4. The Bertz CT molecular complexity index is 505. The number of aryl methyl sites for hydroxylation is 1. The fraction of sp³-hybridized carbons (Fsp3) is 0.167. The Kier molecular flexibility index (Phi) is 3.01. The minimum atomic E-state index is 0.0460. The van der Waals surface area contributed by atoms with Crippen molar-refractivity contribution in [1.29, 1.82) is 0 Å². The van der Waals surface area contributed by atoms with E-state index in [1.165, 1.54) is 11.5 Å². The number of carbonyl (C=O) groups excluding carboxylic acids is 1. The van der Waals surface area contributed by atoms with Gasteiger partial charge in [-0.2, -0.15) is 4.37 Å². The molecule has 82 valence electrons. The van der Waals surface area contributed by atoms with Crippen molar-refractivity contribution < 1.29 is 4.79 Å². The van der Waals surface area contributed by atoms with E-state index in [1.54, 1.807) is 6.92 Å². The van der Waals surface area contributed by atoms with E-state index in [0.29, 0.717) is 5.56 Å². The van der Waals surface area contributed by atoms with Crippen LogP contribution in [0.5, 0.6) is 0 Å². The molecule has 3 nitrogen and oxygen atoms in total. The summed E-state index contributed by atoms with van der Waals surface area (Å²) in [6, 6.07) is 9.76. The number of rotatable bonds is 3. The van der Waals surface area contributed by atoms with Crippen molar-refractivity contribution in [2.75, 3.05) is 5.32 Å². The Morgan fingerprint density at radius 2 is 2.00 bits per heavy atom. The molecule has 0 aliphatic heterocycles. The summed E-state index contributed by atoms with van der Waals surface area (Å²) in [7, 11) is 0. The highest BCUT2D eigenvalue weighted by Crippen LogP contribution is 2.28. The number of benzene rings is 1. The lowest BCUT2D eigenvalue weighted by Gasteiger charge is -2.04. The van der Waals surface area contributed by atoms with E-state index >= 15 is 0 Å². The highest BCUT2D eigenvalue weighted by atomic mass is 32.1. The van der Waals surface area contributed by atoms with Gasteiger partial charge in [0.1, 0.15) is 5.00 Å². The fourth-order valence-electron chi connectivity index (χ4n) is 1.52. The number of nitrogens with one attached hydrogen (secondary N) is 1. The van der Waals surface area contributed by atoms with Gasteiger partial charge in [-0.15, -0.1) is 0 Å². The predicted octanol–water partition coefficient (Wildman–Crippen LogP) is 3.40. The molecule has 0 amide bonds. The Morgan fingerprint density at radius 3 is 2.62 bits per heavy atom. The number of ketones is 1. The first-order chi connectivity index (χ1) is 7.68. The van der Waals surface area contributed by atoms with Crippen LogP contribution in [0.3, 0.4) is 0 Å². The molecule has 16 heavy (non-hydrogen) atoms. The van der Waals surface area contributed by atoms with Crippen LogP contribution in [0.1, 0.15) is 23.0 Å². The zero-order valence-electron chi connectivity index (χ0n) is 9.15. The van der Waals surface area contributed by atoms with Crippen molar-refractivity contribution >= 4 is 28.0 Å². The highest BCUT2D eigenvalue weighted by Gasteiger charge is 2.14. The smallest absolute Gasteiger partial charge is 0.164 e. The average molecular weight is 232 g/mol. The number of hydrogen-bond donors (Lipinski definition) is 1. The summed E-state index contributed by atoms with van der Waals surface area (Å²) in [5.74, 6) is 0.0460. The van der Waals surface area contributed by atoms with Gasteiger partial charge < -0.3 is 5.32 Å². The second-order valence-electron chi connectivity index (χ2n) is 3.52. The van der Waals surface area contributed by atoms with Crippen molar-refractivity contribution in [2.45, 2.75) is 13.8 Å². The topological polar surface area (TPSA) is 42.0 Å². The second kappa shape index (κ2) is 4.45. The van der Waals surface area contributed by atoms with Gasteiger partial charge in [-0.1, -0.05) is 18.2 Å². The van der Waals surface area contributed by atoms with Gasteiger partial charge in [0.2, 0.25) is 0 Å². The third-order valence-corrected chi connectivity index (χ3v) is 3.10. The maximum Gasteiger partial charge on any atom is 0.164 e. The highest BCUT2D eigenvalue weighted by molar-refractivity contribution is 7.10. The van der Waals surface area contributed by atoms with Gasteiger partial charge in [0, 0.05) is 5.69 Å². The molecule has 1 N–H and O–H groups in total. The predicted molar refractivity (Wildman–Crippen MR) is 66.6 cm³/mol. The van der Waals surface area contributed by atoms with Gasteiger partial charge in [0.15, 0.2) is 5.78 Å². The summed E-state index contributed by atoms with van der Waals surface area (Å²) >= 11 is 1.32. The second-order valence-corrected chi connectivity index (χ2v) is 4.29. The minimum Gasteiger partial charge on any atom is -0.345 e. The van der Waals surface area contributed by atoms with E-state index in [-0.39, 0.29) is 5.78 Å². The summed E-state index contributed by atoms with van der Waals surface area (Å²) in [4.78, 5) is 11.5. The SMILES string of the molecule is CC(=O)c1c(C)nsc1Nc1ccccc1. The first-order valence-electron chi connectivity index (χ1n) is 4.98. The largest absolute Gasteiger partial charge is 0.345 e. The summed E-state index contributed by atoms with van der Waals surface area (Å²) in [5.41, 5.74) is 2.44. The number of carbonyl (C=O) groups is 1. The molecule has 2 aromatic rings. The normalized spacial score (nSPS) is 10.1. The van der Waals surface area contributed by atoms with Crippen LogP contribution in [0.2, 0.25) is 0 Å². The molecule has 0 saturated carbocycles. The van der Waals surface area contributed by atoms with Crippen LogP contribution in [0, 0.1) is 6.92 Å². The molecule has 0 spiro atoms. The van der Waals surface area contributed by atoms with Crippen molar-refractivity contribution in [3.63, 3.8) is 0 Å². The third-order valence-electron chi connectivity index (χ3n) is 2.25. The zero-order chi connectivity index (χ0) is 11.5. The molecule has 0 aliphatic carbocycles. The van der Waals surface area contributed by atoms with Crippen molar-refractivity contribution in [2.24, 2.45) is 0 Å². The van der Waals surface area contributed by atoms with Gasteiger partial charge in [0.25, 0.3) is 0 Å². The van der Waals surface area contributed by atoms with E-state index in [1.807, 2.05) is 37.3 Å². The van der Waals surface area contributed by atoms with E-state index < -0.39 is 0 Å². The first kappa shape index (κ1) is 10.8. The Morgan fingerprint density at radius 1 is 1.31 bits per heavy atom. The quantitative estimate of drug-likeness (QED) is 0.825. The summed E-state index contributed by atoms with van der Waals surface area (Å²) in [6.07, 6.45) is 0. The number of aromatic nitrogens is 1. The van der Waals surface area contributed by atoms with E-state index in [9.17, 15) is 4.79 Å². The molecule has 1 aromatic carbocycles. The third kappa shape index (κ3) is 2.12. The molecule has 1 aromatic heterocycles. The summed E-state index contributed by atoms with van der Waals surface area (Å²) in [6.45, 7) is 3.41. The number of para-hydroxylation sites is 1. The van der Waals surface area contributed by atoms with E-state index in [2.05, 4.69) is 9.69 Å². The van der Waals surface area contributed by atoms with Crippen LogP contribution in [-0.4, -0.2) is 10.2 Å². The van der Waals surface area contributed by atoms with Crippen LogP contribution in [-0.2, 0) is 0 Å². The lowest BCUT2D eigenvalue weighted by molar-refractivity contribution is 0.101. The van der Waals surface area contributed by atoms with Gasteiger partial charge in [-0.3, -0.25) is 4.79 Å². The lowest BCUT2D eigenvalue weighted by atomic mass is 10.2. The lowest BCUT2D eigenvalue weighted by Crippen LogP contribution is -1.98. The van der Waals surface area contributed by atoms with E-state index in [4.69, 9.17) is 0 Å². The molecule has 0 saturated heterocycles. The number of nitrogens with zero attached hydrogens (tertiary/aromatic N) is 1. The average Bonchev–Trinajstić information content (AvgIpc) is 2.61. The Balaban J connectivity index is 2.32. The van der Waals surface area contributed by atoms with Crippen LogP contribution in [0.25, 0.3) is 0 Å². The molecule has 0 unspecified atom stereocenters. The van der Waals surface area contributed by atoms with Crippen LogP contribution < -0.4 is 5.32 Å². The summed E-state index contributed by atoms with van der Waals surface area (Å²) in [5, 5.41) is 4.03. The first-order valence-corrected chi connectivity index (χ1v) is 5.75. The Labute approximate surface area is 98.3 Å². The van der Waals surface area contributed by atoms with Crippen LogP contribution in [0.4, 0.5) is 10.7 Å². The molecular weight excluding hydrogens is 220 g/mol. The molecule has 0 atom stereocenters. The van der Waals surface area contributed by atoms with Crippen LogP contribution in [0.15, 0.2) is 30.3 Å². The number of anilines is 2. The molecule has 0 radical (unpaired) electrons. The van der Waals surface area contributed by atoms with Crippen molar-refractivity contribution in [1.82, 2.24) is 4.37 Å². The fourth-order valence-corrected chi connectivity index (χ4v) is 2.39. The van der Waals surface area contributed by atoms with Gasteiger partial charge in [0.05, 0.1) is 11.3 Å². The molecule has 2 rings (SSSR count). The standard InChI is InChI=1S/C12H12N2OS/c1-8-11(9(2)15)12(16-14-8)13-10-6-4-3-5-7-10/h3-7,13H,1-2H3. The maximum absolute atomic E-state index is 11.5. The molecule has 1 heterocycles. The Hall–Kier alpha value is -1.68. The molecule has 0 fully saturated rings. The molecular formula is C12H12N2OS. The number of Topliss-reactive ketones (excluding diaryl/α,β-unsaturated/α-hetero) is 1. The van der Waals surface area contributed by atoms with Crippen molar-refractivity contribution in [3.8, 4) is 0 Å². The van der Waals surface area contributed by atoms with Gasteiger partial charge >= 0.3 is 0 Å².